The fraction of sp³-hybridized carbons (Fsp3) is 1.00. The van der Waals surface area contributed by atoms with Crippen LogP contribution in [0, 0.1) is 35.0 Å². The van der Waals surface area contributed by atoms with E-state index in [9.17, 15) is 0 Å². The van der Waals surface area contributed by atoms with Crippen molar-refractivity contribution in [3.63, 3.8) is 0 Å². The van der Waals surface area contributed by atoms with Gasteiger partial charge < -0.3 is 0 Å². The second kappa shape index (κ2) is 3.25. The van der Waals surface area contributed by atoms with Crippen LogP contribution < -0.4 is 0 Å². The molecular formula is C15H26. The maximum Gasteiger partial charge on any atom is -0.0292 e. The van der Waals surface area contributed by atoms with Crippen LogP contribution in [0.5, 0.6) is 0 Å². The molecule has 4 saturated carbocycles. The van der Waals surface area contributed by atoms with Gasteiger partial charge in [-0.3, -0.25) is 0 Å². The molecule has 0 aliphatic heterocycles. The second-order valence-electron chi connectivity index (χ2n) is 7.14. The molecule has 0 spiro atoms. The van der Waals surface area contributed by atoms with Crippen molar-refractivity contribution in [2.24, 2.45) is 35.0 Å². The Morgan fingerprint density at radius 2 is 1.67 bits per heavy atom. The Bertz CT molecular complexity index is 237. The zero-order chi connectivity index (χ0) is 10.6. The summed E-state index contributed by atoms with van der Waals surface area (Å²) in [5.41, 5.74) is 0.807. The van der Waals surface area contributed by atoms with Crippen molar-refractivity contribution in [2.75, 3.05) is 0 Å². The standard InChI is InChI=1S/C15H26/c1-4-15-7-11-5-12(8-15)14(10(2)3)13(6-11)9-15/h10-14H,4-9H2,1-3H3. The maximum absolute atomic E-state index is 2.46. The van der Waals surface area contributed by atoms with E-state index in [1.165, 1.54) is 6.42 Å². The highest BCUT2D eigenvalue weighted by Gasteiger charge is 2.54. The molecule has 4 aliphatic rings. The molecule has 0 N–H and O–H groups in total. The third kappa shape index (κ3) is 1.40. The van der Waals surface area contributed by atoms with E-state index in [0.29, 0.717) is 0 Å². The van der Waals surface area contributed by atoms with Crippen molar-refractivity contribution in [3.8, 4) is 0 Å². The van der Waals surface area contributed by atoms with Crippen molar-refractivity contribution < 1.29 is 0 Å². The van der Waals surface area contributed by atoms with Crippen LogP contribution in [0.2, 0.25) is 0 Å². The van der Waals surface area contributed by atoms with Gasteiger partial charge in [-0.05, 0) is 67.1 Å². The van der Waals surface area contributed by atoms with E-state index < -0.39 is 0 Å². The second-order valence-corrected chi connectivity index (χ2v) is 7.14. The maximum atomic E-state index is 2.46. The lowest BCUT2D eigenvalue weighted by molar-refractivity contribution is -0.110. The van der Waals surface area contributed by atoms with E-state index in [2.05, 4.69) is 20.8 Å². The summed E-state index contributed by atoms with van der Waals surface area (Å²) in [6.07, 6.45) is 9.38. The van der Waals surface area contributed by atoms with Gasteiger partial charge in [0.25, 0.3) is 0 Å². The van der Waals surface area contributed by atoms with Crippen molar-refractivity contribution in [1.29, 1.82) is 0 Å². The average molecular weight is 206 g/mol. The Balaban J connectivity index is 1.88. The highest BCUT2D eigenvalue weighted by atomic mass is 14.6. The lowest BCUT2D eigenvalue weighted by Gasteiger charge is -2.61. The minimum absolute atomic E-state index is 0.807. The molecule has 0 radical (unpaired) electrons. The van der Waals surface area contributed by atoms with E-state index in [4.69, 9.17) is 0 Å². The first-order valence-corrected chi connectivity index (χ1v) is 7.13. The quantitative estimate of drug-likeness (QED) is 0.624. The van der Waals surface area contributed by atoms with Gasteiger partial charge in [0.15, 0.2) is 0 Å². The van der Waals surface area contributed by atoms with Gasteiger partial charge in [-0.1, -0.05) is 27.2 Å². The van der Waals surface area contributed by atoms with Gasteiger partial charge in [-0.25, -0.2) is 0 Å². The lowest BCUT2D eigenvalue weighted by Crippen LogP contribution is -2.52. The van der Waals surface area contributed by atoms with Gasteiger partial charge in [0, 0.05) is 0 Å². The summed E-state index contributed by atoms with van der Waals surface area (Å²) in [5.74, 6) is 5.36. The van der Waals surface area contributed by atoms with E-state index in [-0.39, 0.29) is 0 Å². The fourth-order valence-corrected chi connectivity index (χ4v) is 5.75. The summed E-state index contributed by atoms with van der Waals surface area (Å²) in [7, 11) is 0. The molecule has 0 amide bonds. The van der Waals surface area contributed by atoms with Gasteiger partial charge in [0.2, 0.25) is 0 Å². The van der Waals surface area contributed by atoms with Crippen LogP contribution in [-0.4, -0.2) is 0 Å². The average Bonchev–Trinajstić information content (AvgIpc) is 2.15. The lowest BCUT2D eigenvalue weighted by atomic mass is 9.44. The van der Waals surface area contributed by atoms with E-state index in [1.54, 1.807) is 32.1 Å². The molecule has 0 aromatic rings. The molecule has 4 rings (SSSR count). The molecule has 0 saturated heterocycles. The normalized spacial score (nSPS) is 52.8. The summed E-state index contributed by atoms with van der Waals surface area (Å²) in [6, 6.07) is 0. The predicted molar refractivity (Wildman–Crippen MR) is 64.6 cm³/mol. The van der Waals surface area contributed by atoms with E-state index in [1.807, 2.05) is 0 Å². The Hall–Kier alpha value is 0. The van der Waals surface area contributed by atoms with Gasteiger partial charge in [-0.15, -0.1) is 0 Å². The van der Waals surface area contributed by atoms with Crippen LogP contribution in [0.1, 0.15) is 59.3 Å². The third-order valence-corrected chi connectivity index (χ3v) is 5.99. The van der Waals surface area contributed by atoms with E-state index >= 15 is 0 Å². The number of rotatable bonds is 2. The molecule has 0 heterocycles. The summed E-state index contributed by atoms with van der Waals surface area (Å²) in [6.45, 7) is 7.37. The molecular weight excluding hydrogens is 180 g/mol. The predicted octanol–water partition coefficient (Wildman–Crippen LogP) is 4.49. The summed E-state index contributed by atoms with van der Waals surface area (Å²) in [4.78, 5) is 0. The van der Waals surface area contributed by atoms with Crippen LogP contribution >= 0.6 is 0 Å². The molecule has 4 fully saturated rings. The van der Waals surface area contributed by atoms with Crippen molar-refractivity contribution in [1.82, 2.24) is 0 Å². The first-order chi connectivity index (χ1) is 7.13. The summed E-state index contributed by atoms with van der Waals surface area (Å²) in [5, 5.41) is 0. The Morgan fingerprint density at radius 3 is 2.13 bits per heavy atom. The van der Waals surface area contributed by atoms with Gasteiger partial charge in [0.05, 0.1) is 0 Å². The van der Waals surface area contributed by atoms with Crippen molar-refractivity contribution in [2.45, 2.75) is 59.3 Å². The molecule has 2 unspecified atom stereocenters. The number of hydrogen-bond donors (Lipinski definition) is 0. The highest BCUT2D eigenvalue weighted by Crippen LogP contribution is 2.64. The van der Waals surface area contributed by atoms with Crippen LogP contribution in [0.15, 0.2) is 0 Å². The summed E-state index contributed by atoms with van der Waals surface area (Å²) >= 11 is 0. The monoisotopic (exact) mass is 206 g/mol. The molecule has 4 aliphatic carbocycles. The summed E-state index contributed by atoms with van der Waals surface area (Å²) < 4.78 is 0. The Morgan fingerprint density at radius 1 is 1.07 bits per heavy atom. The third-order valence-electron chi connectivity index (χ3n) is 5.99. The molecule has 86 valence electrons. The molecule has 0 heteroatoms. The van der Waals surface area contributed by atoms with Crippen LogP contribution in [0.3, 0.4) is 0 Å². The topological polar surface area (TPSA) is 0 Å². The SMILES string of the molecule is CCC12CC3CC(C1)C(C(C)C)C(C3)C2. The Labute approximate surface area is 94.8 Å². The minimum Gasteiger partial charge on any atom is -0.0649 e. The van der Waals surface area contributed by atoms with Crippen LogP contribution in [0.4, 0.5) is 0 Å². The van der Waals surface area contributed by atoms with Crippen molar-refractivity contribution in [3.05, 3.63) is 0 Å². The first kappa shape index (κ1) is 10.2. The fourth-order valence-electron chi connectivity index (χ4n) is 5.75. The van der Waals surface area contributed by atoms with Crippen LogP contribution in [0.25, 0.3) is 0 Å². The minimum atomic E-state index is 0.807. The van der Waals surface area contributed by atoms with Crippen molar-refractivity contribution >= 4 is 0 Å². The molecule has 15 heavy (non-hydrogen) atoms. The van der Waals surface area contributed by atoms with Gasteiger partial charge >= 0.3 is 0 Å². The highest BCUT2D eigenvalue weighted by molar-refractivity contribution is 5.04. The molecule has 0 nitrogen and oxygen atoms in total. The first-order valence-electron chi connectivity index (χ1n) is 7.13. The smallest absolute Gasteiger partial charge is 0.0292 e. The van der Waals surface area contributed by atoms with Gasteiger partial charge in [0.1, 0.15) is 0 Å². The van der Waals surface area contributed by atoms with Gasteiger partial charge in [-0.2, -0.15) is 0 Å². The zero-order valence-corrected chi connectivity index (χ0v) is 10.6. The molecule has 0 aromatic heterocycles. The van der Waals surface area contributed by atoms with E-state index in [0.717, 1.165) is 35.0 Å². The van der Waals surface area contributed by atoms with Crippen LogP contribution in [-0.2, 0) is 0 Å². The molecule has 4 bridgehead atoms. The largest absolute Gasteiger partial charge is 0.0649 e. The Kier molecular flexibility index (Phi) is 2.20. The molecule has 0 aromatic carbocycles. The zero-order valence-electron chi connectivity index (χ0n) is 10.6. The molecule has 2 atom stereocenters. The number of hydrogen-bond acceptors (Lipinski definition) is 0.